The van der Waals surface area contributed by atoms with Gasteiger partial charge in [0.25, 0.3) is 0 Å². The maximum absolute atomic E-state index is 12.4. The molecule has 0 aromatic heterocycles. The lowest BCUT2D eigenvalue weighted by Crippen LogP contribution is -2.42. The van der Waals surface area contributed by atoms with E-state index in [1.807, 2.05) is 18.2 Å². The van der Waals surface area contributed by atoms with Gasteiger partial charge in [-0.05, 0) is 17.5 Å². The number of benzene rings is 1. The highest BCUT2D eigenvalue weighted by atomic mass is 16.3. The van der Waals surface area contributed by atoms with Crippen molar-refractivity contribution in [2.24, 2.45) is 5.92 Å². The molecule has 0 radical (unpaired) electrons. The van der Waals surface area contributed by atoms with E-state index >= 15 is 0 Å². The lowest BCUT2D eigenvalue weighted by Gasteiger charge is -2.36. The molecule has 3 N–H and O–H groups in total. The molecule has 1 aromatic carbocycles. The van der Waals surface area contributed by atoms with E-state index in [-0.39, 0.29) is 30.2 Å². The smallest absolute Gasteiger partial charge is 0.222 e. The largest absolute Gasteiger partial charge is 0.391 e. The summed E-state index contributed by atoms with van der Waals surface area (Å²) in [5, 5.41) is 15.8. The Kier molecular flexibility index (Phi) is 5.16. The van der Waals surface area contributed by atoms with E-state index in [9.17, 15) is 14.7 Å². The number of hydrogen-bond acceptors (Lipinski definition) is 4. The molecule has 1 aromatic rings. The zero-order valence-corrected chi connectivity index (χ0v) is 14.0. The molecule has 0 spiro atoms. The first kappa shape index (κ1) is 16.9. The molecule has 3 rings (SSSR count). The van der Waals surface area contributed by atoms with Gasteiger partial charge < -0.3 is 20.6 Å². The molecule has 6 heteroatoms. The number of aliphatic hydroxyl groups is 1. The van der Waals surface area contributed by atoms with E-state index in [1.54, 1.807) is 11.8 Å². The van der Waals surface area contributed by atoms with E-state index in [1.165, 1.54) is 5.56 Å². The number of nitrogens with one attached hydrogen (secondary N) is 2. The van der Waals surface area contributed by atoms with Crippen LogP contribution in [0.5, 0.6) is 0 Å². The third-order valence-corrected chi connectivity index (χ3v) is 5.06. The number of aliphatic hydroxyl groups excluding tert-OH is 1. The molecular weight excluding hydrogens is 306 g/mol. The highest BCUT2D eigenvalue weighted by Gasteiger charge is 2.31. The van der Waals surface area contributed by atoms with Crippen LogP contribution in [-0.2, 0) is 16.0 Å². The highest BCUT2D eigenvalue weighted by Crippen LogP contribution is 2.32. The van der Waals surface area contributed by atoms with Crippen molar-refractivity contribution < 1.29 is 14.7 Å². The van der Waals surface area contributed by atoms with Crippen LogP contribution >= 0.6 is 0 Å². The number of nitrogens with zero attached hydrogens (tertiary/aromatic N) is 1. The van der Waals surface area contributed by atoms with Crippen LogP contribution in [0, 0.1) is 5.92 Å². The minimum absolute atomic E-state index is 0.00211. The number of hydrogen-bond donors (Lipinski definition) is 3. The first-order chi connectivity index (χ1) is 11.6. The molecule has 6 nitrogen and oxygen atoms in total. The van der Waals surface area contributed by atoms with E-state index in [0.717, 1.165) is 12.0 Å². The van der Waals surface area contributed by atoms with Crippen molar-refractivity contribution in [2.75, 3.05) is 26.2 Å². The summed E-state index contributed by atoms with van der Waals surface area (Å²) in [6.45, 7) is 3.96. The van der Waals surface area contributed by atoms with Crippen LogP contribution in [-0.4, -0.2) is 54.1 Å². The third kappa shape index (κ3) is 3.60. The van der Waals surface area contributed by atoms with Crippen LogP contribution in [0.3, 0.4) is 0 Å². The molecule has 3 unspecified atom stereocenters. The number of carbonyl (C=O) groups is 2. The van der Waals surface area contributed by atoms with Crippen molar-refractivity contribution in [3.05, 3.63) is 35.4 Å². The van der Waals surface area contributed by atoms with Gasteiger partial charge >= 0.3 is 0 Å². The second-order valence-electron chi connectivity index (χ2n) is 6.67. The molecule has 1 saturated heterocycles. The first-order valence-electron chi connectivity index (χ1n) is 8.56. The summed E-state index contributed by atoms with van der Waals surface area (Å²) in [5.41, 5.74) is 2.28. The summed E-state index contributed by atoms with van der Waals surface area (Å²) in [7, 11) is 0. The Morgan fingerprint density at radius 3 is 2.83 bits per heavy atom. The van der Waals surface area contributed by atoms with Gasteiger partial charge in [-0.3, -0.25) is 9.59 Å². The number of fused-ring (bicyclic) bond motifs is 1. The van der Waals surface area contributed by atoms with Gasteiger partial charge in [0.05, 0.1) is 18.6 Å². The molecular formula is C18H25N3O3. The minimum atomic E-state index is -0.408. The van der Waals surface area contributed by atoms with Crippen LogP contribution in [0.25, 0.3) is 0 Å². The summed E-state index contributed by atoms with van der Waals surface area (Å²) in [6.07, 6.45) is 0.676. The van der Waals surface area contributed by atoms with Crippen molar-refractivity contribution in [1.29, 1.82) is 0 Å². The lowest BCUT2D eigenvalue weighted by atomic mass is 9.90. The van der Waals surface area contributed by atoms with Crippen molar-refractivity contribution in [1.82, 2.24) is 15.5 Å². The Morgan fingerprint density at radius 2 is 2.12 bits per heavy atom. The molecule has 2 aliphatic heterocycles. The summed E-state index contributed by atoms with van der Waals surface area (Å²) in [4.78, 5) is 26.2. The second-order valence-corrected chi connectivity index (χ2v) is 6.67. The van der Waals surface area contributed by atoms with E-state index in [0.29, 0.717) is 26.2 Å². The SMILES string of the molecule is CC(=O)N1CCc2ccccc2C1CC(=O)NCC1CNCC1O. The van der Waals surface area contributed by atoms with Gasteiger partial charge in [0.15, 0.2) is 0 Å². The van der Waals surface area contributed by atoms with Crippen molar-refractivity contribution in [3.63, 3.8) is 0 Å². The number of amides is 2. The topological polar surface area (TPSA) is 81.7 Å². The molecule has 0 saturated carbocycles. The second kappa shape index (κ2) is 7.32. The Morgan fingerprint density at radius 1 is 1.33 bits per heavy atom. The quantitative estimate of drug-likeness (QED) is 0.737. The molecule has 2 aliphatic rings. The average molecular weight is 331 g/mol. The summed E-state index contributed by atoms with van der Waals surface area (Å²) in [6, 6.07) is 7.81. The van der Waals surface area contributed by atoms with Gasteiger partial charge in [0.2, 0.25) is 11.8 Å². The predicted octanol–water partition coefficient (Wildman–Crippen LogP) is 0.219. The molecule has 130 valence electrons. The van der Waals surface area contributed by atoms with Crippen molar-refractivity contribution in [2.45, 2.75) is 31.9 Å². The molecule has 2 heterocycles. The Bertz CT molecular complexity index is 619. The maximum Gasteiger partial charge on any atom is 0.222 e. The monoisotopic (exact) mass is 331 g/mol. The van der Waals surface area contributed by atoms with Crippen molar-refractivity contribution >= 4 is 11.8 Å². The van der Waals surface area contributed by atoms with E-state index < -0.39 is 6.10 Å². The van der Waals surface area contributed by atoms with Gasteiger partial charge in [-0.25, -0.2) is 0 Å². The fraction of sp³-hybridized carbons (Fsp3) is 0.556. The third-order valence-electron chi connectivity index (χ3n) is 5.06. The van der Waals surface area contributed by atoms with Crippen LogP contribution in [0.15, 0.2) is 24.3 Å². The van der Waals surface area contributed by atoms with Crippen LogP contribution in [0.1, 0.15) is 30.5 Å². The fourth-order valence-electron chi connectivity index (χ4n) is 3.67. The molecule has 3 atom stereocenters. The van der Waals surface area contributed by atoms with Crippen molar-refractivity contribution in [3.8, 4) is 0 Å². The van der Waals surface area contributed by atoms with Gasteiger partial charge in [-0.1, -0.05) is 24.3 Å². The molecule has 0 bridgehead atoms. The summed E-state index contributed by atoms with van der Waals surface area (Å²) in [5.74, 6) is -0.0312. The van der Waals surface area contributed by atoms with Crippen LogP contribution in [0.2, 0.25) is 0 Å². The standard InChI is InChI=1S/C18H25N3O3/c1-12(22)21-7-6-13-4-2-3-5-15(13)16(21)8-18(24)20-10-14-9-19-11-17(14)23/h2-5,14,16-17,19,23H,6-11H2,1H3,(H,20,24). The number of carbonyl (C=O) groups excluding carboxylic acids is 2. The fourth-order valence-corrected chi connectivity index (χ4v) is 3.67. The normalized spacial score (nSPS) is 26.1. The Hall–Kier alpha value is -1.92. The number of β-amino-alcohol motifs (C(OH)–C–C–N with tert-alkyl or cyclic N) is 1. The first-order valence-corrected chi connectivity index (χ1v) is 8.56. The zero-order chi connectivity index (χ0) is 17.1. The summed E-state index contributed by atoms with van der Waals surface area (Å²) >= 11 is 0. The summed E-state index contributed by atoms with van der Waals surface area (Å²) < 4.78 is 0. The Labute approximate surface area is 142 Å². The average Bonchev–Trinajstić information content (AvgIpc) is 2.98. The van der Waals surface area contributed by atoms with Gasteiger partial charge in [-0.15, -0.1) is 0 Å². The maximum atomic E-state index is 12.4. The minimum Gasteiger partial charge on any atom is -0.391 e. The zero-order valence-electron chi connectivity index (χ0n) is 14.0. The van der Waals surface area contributed by atoms with E-state index in [2.05, 4.69) is 16.7 Å². The van der Waals surface area contributed by atoms with Gasteiger partial charge in [0, 0.05) is 39.0 Å². The highest BCUT2D eigenvalue weighted by molar-refractivity contribution is 5.79. The predicted molar refractivity (Wildman–Crippen MR) is 90.3 cm³/mol. The van der Waals surface area contributed by atoms with Crippen LogP contribution < -0.4 is 10.6 Å². The number of rotatable bonds is 4. The molecule has 1 fully saturated rings. The van der Waals surface area contributed by atoms with Crippen LogP contribution in [0.4, 0.5) is 0 Å². The molecule has 2 amide bonds. The van der Waals surface area contributed by atoms with E-state index in [4.69, 9.17) is 0 Å². The molecule has 24 heavy (non-hydrogen) atoms. The lowest BCUT2D eigenvalue weighted by molar-refractivity contribution is -0.133. The van der Waals surface area contributed by atoms with Gasteiger partial charge in [-0.2, -0.15) is 0 Å². The molecule has 0 aliphatic carbocycles. The Balaban J connectivity index is 1.66. The van der Waals surface area contributed by atoms with Gasteiger partial charge in [0.1, 0.15) is 0 Å².